The molecule has 2 aromatic carbocycles. The molecule has 1 fully saturated rings. The number of phenols is 2. The third-order valence-electron chi connectivity index (χ3n) is 4.91. The molecule has 152 valence electrons. The Labute approximate surface area is 182 Å². The predicted octanol–water partition coefficient (Wildman–Crippen LogP) is 3.27. The Morgan fingerprint density at radius 1 is 0.889 bits per heavy atom. The van der Waals surface area contributed by atoms with Crippen LogP contribution in [0.2, 0.25) is 0 Å². The first-order chi connectivity index (χ1) is 11.5. The molecule has 27 heavy (non-hydrogen) atoms. The van der Waals surface area contributed by atoms with E-state index in [1.807, 2.05) is 6.07 Å². The molecule has 1 aliphatic heterocycles. The average molecular weight is 506 g/mol. The van der Waals surface area contributed by atoms with Crippen molar-refractivity contribution in [2.45, 2.75) is 19.4 Å². The Balaban J connectivity index is 0.00000225. The van der Waals surface area contributed by atoms with Gasteiger partial charge in [-0.2, -0.15) is 0 Å². The Morgan fingerprint density at radius 2 is 1.48 bits per heavy atom. The Morgan fingerprint density at radius 3 is 2.04 bits per heavy atom. The molecule has 1 aliphatic rings. The second-order valence-corrected chi connectivity index (χ2v) is 6.79. The molecular formula is C20H30Br2N2O3. The van der Waals surface area contributed by atoms with Gasteiger partial charge in [0.25, 0.3) is 0 Å². The fourth-order valence-electron chi connectivity index (χ4n) is 3.30. The van der Waals surface area contributed by atoms with Gasteiger partial charge in [-0.15, -0.1) is 34.0 Å². The minimum atomic E-state index is -0.0646. The number of aromatic hydroxyl groups is 2. The highest BCUT2D eigenvalue weighted by Gasteiger charge is 2.24. The van der Waals surface area contributed by atoms with Crippen molar-refractivity contribution in [3.8, 4) is 11.5 Å². The van der Waals surface area contributed by atoms with Crippen LogP contribution in [0.3, 0.4) is 0 Å². The maximum absolute atomic E-state index is 9.79. The largest absolute Gasteiger partial charge is 0.504 e. The molecule has 4 N–H and O–H groups in total. The number of nitrogens with zero attached hydrogens (tertiary/aromatic N) is 2. The molecule has 7 heteroatoms. The summed E-state index contributed by atoms with van der Waals surface area (Å²) in [6, 6.07) is 14.2. The summed E-state index contributed by atoms with van der Waals surface area (Å²) < 4.78 is 0. The average Bonchev–Trinajstić information content (AvgIpc) is 2.58. The lowest BCUT2D eigenvalue weighted by atomic mass is 9.95. The van der Waals surface area contributed by atoms with Gasteiger partial charge in [0.15, 0.2) is 11.5 Å². The van der Waals surface area contributed by atoms with Gasteiger partial charge in [-0.05, 0) is 43.7 Å². The Bertz CT molecular complexity index is 690. The van der Waals surface area contributed by atoms with Crippen molar-refractivity contribution in [3.63, 3.8) is 0 Å². The van der Waals surface area contributed by atoms with Gasteiger partial charge >= 0.3 is 0 Å². The summed E-state index contributed by atoms with van der Waals surface area (Å²) in [6.45, 7) is 6.33. The van der Waals surface area contributed by atoms with Crippen LogP contribution in [0.4, 0.5) is 0 Å². The maximum atomic E-state index is 9.79. The summed E-state index contributed by atoms with van der Waals surface area (Å²) in [7, 11) is 2.16. The first kappa shape index (κ1) is 25.9. The van der Waals surface area contributed by atoms with Gasteiger partial charge in [-0.25, -0.2) is 0 Å². The zero-order valence-corrected chi connectivity index (χ0v) is 19.2. The number of benzene rings is 2. The molecule has 0 radical (unpaired) electrons. The molecule has 1 saturated heterocycles. The monoisotopic (exact) mass is 504 g/mol. The standard InChI is InChI=1S/C20H26N2O2.2BrH.H2O/c1-15-3-6-17(7-4-15)18(22-11-9-21(2)10-12-22)13-16-5-8-19(23)20(24)14-16;;;/h3-8,14,18,23-24H,9-13H2,1-2H3;2*1H;1H2. The highest BCUT2D eigenvalue weighted by atomic mass is 79.9. The van der Waals surface area contributed by atoms with Crippen molar-refractivity contribution >= 4 is 34.0 Å². The minimum absolute atomic E-state index is 0. The van der Waals surface area contributed by atoms with E-state index in [4.69, 9.17) is 0 Å². The number of hydrogen-bond acceptors (Lipinski definition) is 4. The summed E-state index contributed by atoms with van der Waals surface area (Å²) in [5.74, 6) is -0.112. The molecule has 3 rings (SSSR count). The minimum Gasteiger partial charge on any atom is -0.504 e. The van der Waals surface area contributed by atoms with Crippen LogP contribution in [0, 0.1) is 6.92 Å². The van der Waals surface area contributed by atoms with Crippen LogP contribution in [0.15, 0.2) is 42.5 Å². The van der Waals surface area contributed by atoms with Crippen LogP contribution in [0.5, 0.6) is 11.5 Å². The van der Waals surface area contributed by atoms with Gasteiger partial charge in [0, 0.05) is 32.2 Å². The second-order valence-electron chi connectivity index (χ2n) is 6.79. The molecule has 0 aliphatic carbocycles. The Kier molecular flexibility index (Phi) is 11.2. The molecule has 5 nitrogen and oxygen atoms in total. The lowest BCUT2D eigenvalue weighted by Crippen LogP contribution is -2.46. The van der Waals surface area contributed by atoms with Gasteiger partial charge in [0.05, 0.1) is 0 Å². The molecule has 1 atom stereocenters. The van der Waals surface area contributed by atoms with Crippen molar-refractivity contribution in [2.24, 2.45) is 0 Å². The first-order valence-electron chi connectivity index (χ1n) is 8.53. The van der Waals surface area contributed by atoms with E-state index in [9.17, 15) is 10.2 Å². The second kappa shape index (κ2) is 11.7. The molecular weight excluding hydrogens is 476 g/mol. The third kappa shape index (κ3) is 6.76. The van der Waals surface area contributed by atoms with Crippen LogP contribution in [-0.4, -0.2) is 58.7 Å². The maximum Gasteiger partial charge on any atom is 0.157 e. The van der Waals surface area contributed by atoms with Crippen LogP contribution < -0.4 is 0 Å². The van der Waals surface area contributed by atoms with E-state index in [1.54, 1.807) is 12.1 Å². The van der Waals surface area contributed by atoms with Crippen LogP contribution >= 0.6 is 34.0 Å². The SMILES string of the molecule is Br.Br.Cc1ccc(C(Cc2ccc(O)c(O)c2)N2CCN(C)CC2)cc1.O. The zero-order chi connectivity index (χ0) is 17.1. The molecule has 0 aromatic heterocycles. The zero-order valence-electron chi connectivity index (χ0n) is 15.8. The summed E-state index contributed by atoms with van der Waals surface area (Å²) in [5.41, 5.74) is 3.60. The van der Waals surface area contributed by atoms with Crippen molar-refractivity contribution in [1.29, 1.82) is 0 Å². The first-order valence-corrected chi connectivity index (χ1v) is 8.53. The van der Waals surface area contributed by atoms with E-state index < -0.39 is 0 Å². The smallest absolute Gasteiger partial charge is 0.157 e. The molecule has 1 unspecified atom stereocenters. The highest BCUT2D eigenvalue weighted by molar-refractivity contribution is 8.93. The molecule has 0 spiro atoms. The van der Waals surface area contributed by atoms with E-state index in [1.165, 1.54) is 11.1 Å². The molecule has 1 heterocycles. The van der Waals surface area contributed by atoms with E-state index >= 15 is 0 Å². The number of piperazine rings is 1. The van der Waals surface area contributed by atoms with E-state index in [0.29, 0.717) is 0 Å². The fourth-order valence-corrected chi connectivity index (χ4v) is 3.30. The topological polar surface area (TPSA) is 78.4 Å². The quantitative estimate of drug-likeness (QED) is 0.625. The highest BCUT2D eigenvalue weighted by Crippen LogP contribution is 2.30. The van der Waals surface area contributed by atoms with Gasteiger partial charge in [0.1, 0.15) is 0 Å². The number of hydrogen-bond donors (Lipinski definition) is 2. The van der Waals surface area contributed by atoms with Crippen molar-refractivity contribution < 1.29 is 15.7 Å². The lowest BCUT2D eigenvalue weighted by molar-refractivity contribution is 0.111. The number of rotatable bonds is 4. The van der Waals surface area contributed by atoms with Gasteiger partial charge < -0.3 is 20.6 Å². The van der Waals surface area contributed by atoms with Crippen molar-refractivity contribution in [3.05, 3.63) is 59.2 Å². The fraction of sp³-hybridized carbons (Fsp3) is 0.400. The van der Waals surface area contributed by atoms with Crippen molar-refractivity contribution in [2.75, 3.05) is 33.2 Å². The van der Waals surface area contributed by atoms with Crippen LogP contribution in [0.1, 0.15) is 22.7 Å². The summed E-state index contributed by atoms with van der Waals surface area (Å²) in [4.78, 5) is 4.88. The summed E-state index contributed by atoms with van der Waals surface area (Å²) in [5, 5.41) is 19.3. The predicted molar refractivity (Wildman–Crippen MR) is 121 cm³/mol. The lowest BCUT2D eigenvalue weighted by Gasteiger charge is -2.38. The van der Waals surface area contributed by atoms with E-state index in [2.05, 4.69) is 48.0 Å². The molecule has 0 amide bonds. The Hall–Kier alpha value is -1.12. The summed E-state index contributed by atoms with van der Waals surface area (Å²) in [6.07, 6.45) is 0.820. The van der Waals surface area contributed by atoms with Crippen LogP contribution in [-0.2, 0) is 6.42 Å². The normalized spacial score (nSPS) is 15.8. The van der Waals surface area contributed by atoms with Crippen molar-refractivity contribution in [1.82, 2.24) is 9.80 Å². The van der Waals surface area contributed by atoms with Gasteiger partial charge in [-0.3, -0.25) is 4.90 Å². The van der Waals surface area contributed by atoms with E-state index in [0.717, 1.165) is 38.2 Å². The third-order valence-corrected chi connectivity index (χ3v) is 4.91. The number of halogens is 2. The molecule has 0 saturated carbocycles. The van der Waals surface area contributed by atoms with E-state index in [-0.39, 0.29) is 57.0 Å². The molecule has 0 bridgehead atoms. The number of aryl methyl sites for hydroxylation is 1. The molecule has 2 aromatic rings. The van der Waals surface area contributed by atoms with Crippen LogP contribution in [0.25, 0.3) is 0 Å². The van der Waals surface area contributed by atoms with Gasteiger partial charge in [-0.1, -0.05) is 35.9 Å². The van der Waals surface area contributed by atoms with Gasteiger partial charge in [0.2, 0.25) is 0 Å². The summed E-state index contributed by atoms with van der Waals surface area (Å²) >= 11 is 0. The number of likely N-dealkylation sites (N-methyl/N-ethyl adjacent to an activating group) is 1. The number of phenolic OH excluding ortho intramolecular Hbond substituents is 2.